The lowest BCUT2D eigenvalue weighted by Gasteiger charge is -2.08. The summed E-state index contributed by atoms with van der Waals surface area (Å²) in [4.78, 5) is 17.0. The van der Waals surface area contributed by atoms with Gasteiger partial charge in [0.05, 0.1) is 0 Å². The van der Waals surface area contributed by atoms with E-state index in [0.717, 1.165) is 6.42 Å². The minimum Gasteiger partial charge on any atom is -0.367 e. The predicted octanol–water partition coefficient (Wildman–Crippen LogP) is 4.14. The second kappa shape index (κ2) is 6.35. The van der Waals surface area contributed by atoms with E-state index in [1.54, 1.807) is 24.5 Å². The number of carbonyl (C=O) groups excluding carboxylic acids is 1. The van der Waals surface area contributed by atoms with Gasteiger partial charge in [-0.2, -0.15) is 0 Å². The predicted molar refractivity (Wildman–Crippen MR) is 107 cm³/mol. The third-order valence-corrected chi connectivity index (χ3v) is 4.93. The van der Waals surface area contributed by atoms with Gasteiger partial charge in [-0.1, -0.05) is 35.5 Å². The second-order valence-corrected chi connectivity index (χ2v) is 6.67. The number of nitrogens with two attached hydrogens (primary N) is 1. The highest BCUT2D eigenvalue weighted by Gasteiger charge is 2.24. The number of rotatable bonds is 3. The van der Waals surface area contributed by atoms with E-state index in [0.29, 0.717) is 16.9 Å². The Hall–Kier alpha value is -3.93. The number of hydrogen-bond acceptors (Lipinski definition) is 5. The van der Waals surface area contributed by atoms with Crippen molar-refractivity contribution < 1.29 is 9.32 Å². The Bertz CT molecular complexity index is 1200. The van der Waals surface area contributed by atoms with E-state index >= 15 is 0 Å². The molecular weight excluding hydrogens is 352 g/mol. The van der Waals surface area contributed by atoms with Crippen LogP contribution in [-0.4, -0.2) is 16.0 Å². The number of nitrogens with zero attached hydrogens (tertiary/aromatic N) is 2. The first kappa shape index (κ1) is 16.3. The first-order chi connectivity index (χ1) is 13.7. The van der Waals surface area contributed by atoms with Crippen molar-refractivity contribution >= 4 is 17.5 Å². The van der Waals surface area contributed by atoms with Gasteiger partial charge in [-0.15, -0.1) is 0 Å². The Labute approximate surface area is 161 Å². The number of carbonyl (C=O) groups is 1. The van der Waals surface area contributed by atoms with Crippen molar-refractivity contribution in [3.8, 4) is 22.4 Å². The van der Waals surface area contributed by atoms with Crippen molar-refractivity contribution in [2.45, 2.75) is 6.42 Å². The van der Waals surface area contributed by atoms with Crippen LogP contribution in [0.4, 0.5) is 11.6 Å². The number of fused-ring (bicyclic) bond motifs is 3. The van der Waals surface area contributed by atoms with Gasteiger partial charge in [-0.05, 0) is 52.9 Å². The van der Waals surface area contributed by atoms with Crippen LogP contribution in [0.3, 0.4) is 0 Å². The molecule has 2 aromatic heterocycles. The smallest absolute Gasteiger partial charge is 0.263 e. The van der Waals surface area contributed by atoms with E-state index in [4.69, 9.17) is 10.3 Å². The van der Waals surface area contributed by atoms with Crippen LogP contribution in [-0.2, 0) is 6.42 Å². The molecule has 0 spiro atoms. The van der Waals surface area contributed by atoms with E-state index in [9.17, 15) is 4.79 Å². The fourth-order valence-corrected chi connectivity index (χ4v) is 3.64. The number of nitrogen functional groups attached to an aromatic ring is 1. The van der Waals surface area contributed by atoms with Gasteiger partial charge in [0.1, 0.15) is 11.3 Å². The van der Waals surface area contributed by atoms with Crippen molar-refractivity contribution in [3.63, 3.8) is 0 Å². The van der Waals surface area contributed by atoms with Gasteiger partial charge in [0, 0.05) is 23.6 Å². The summed E-state index contributed by atoms with van der Waals surface area (Å²) in [6.07, 6.45) is 4.11. The van der Waals surface area contributed by atoms with Crippen LogP contribution < -0.4 is 11.1 Å². The molecule has 6 nitrogen and oxygen atoms in total. The Morgan fingerprint density at radius 1 is 1.04 bits per heavy atom. The second-order valence-electron chi connectivity index (χ2n) is 6.67. The third kappa shape index (κ3) is 2.63. The number of nitrogens with one attached hydrogen (secondary N) is 1. The molecule has 1 aliphatic carbocycles. The van der Waals surface area contributed by atoms with Crippen LogP contribution in [0.1, 0.15) is 21.5 Å². The third-order valence-electron chi connectivity index (χ3n) is 4.93. The number of pyridine rings is 1. The zero-order valence-corrected chi connectivity index (χ0v) is 14.8. The van der Waals surface area contributed by atoms with E-state index in [1.807, 2.05) is 30.3 Å². The first-order valence-corrected chi connectivity index (χ1v) is 8.89. The Morgan fingerprint density at radius 3 is 2.75 bits per heavy atom. The van der Waals surface area contributed by atoms with Crippen molar-refractivity contribution in [2.24, 2.45) is 0 Å². The van der Waals surface area contributed by atoms with Gasteiger partial charge >= 0.3 is 0 Å². The molecule has 28 heavy (non-hydrogen) atoms. The van der Waals surface area contributed by atoms with Gasteiger partial charge in [0.2, 0.25) is 5.88 Å². The van der Waals surface area contributed by atoms with E-state index < -0.39 is 0 Å². The normalized spacial score (nSPS) is 11.7. The Kier molecular flexibility index (Phi) is 3.69. The van der Waals surface area contributed by atoms with Crippen LogP contribution >= 0.6 is 0 Å². The molecule has 6 heteroatoms. The Morgan fingerprint density at radius 2 is 1.89 bits per heavy atom. The molecule has 1 aliphatic rings. The van der Waals surface area contributed by atoms with E-state index in [1.165, 1.54) is 22.3 Å². The highest BCUT2D eigenvalue weighted by molar-refractivity contribution is 6.11. The average molecular weight is 368 g/mol. The largest absolute Gasteiger partial charge is 0.367 e. The maximum atomic E-state index is 12.9. The quantitative estimate of drug-likeness (QED) is 0.499. The van der Waals surface area contributed by atoms with Gasteiger partial charge in [-0.3, -0.25) is 9.78 Å². The lowest BCUT2D eigenvalue weighted by molar-refractivity contribution is 0.102. The minimum absolute atomic E-state index is 0.0232. The number of anilines is 2. The monoisotopic (exact) mass is 368 g/mol. The summed E-state index contributed by atoms with van der Waals surface area (Å²) in [6, 6.07) is 17.8. The van der Waals surface area contributed by atoms with E-state index in [2.05, 4.69) is 27.6 Å². The highest BCUT2D eigenvalue weighted by atomic mass is 16.5. The molecule has 0 bridgehead atoms. The Balaban J connectivity index is 1.45. The molecule has 0 saturated heterocycles. The zero-order valence-electron chi connectivity index (χ0n) is 14.8. The number of amides is 1. The molecule has 4 aromatic rings. The molecule has 0 saturated carbocycles. The summed E-state index contributed by atoms with van der Waals surface area (Å²) in [7, 11) is 0. The number of hydrogen-bond donors (Lipinski definition) is 2. The van der Waals surface area contributed by atoms with Gasteiger partial charge in [0.15, 0.2) is 0 Å². The van der Waals surface area contributed by atoms with Crippen LogP contribution in [0.15, 0.2) is 71.5 Å². The molecule has 0 radical (unpaired) electrons. The summed E-state index contributed by atoms with van der Waals surface area (Å²) in [5.74, 6) is -0.391. The molecule has 5 rings (SSSR count). The van der Waals surface area contributed by atoms with Gasteiger partial charge < -0.3 is 15.6 Å². The van der Waals surface area contributed by atoms with Crippen LogP contribution in [0.2, 0.25) is 0 Å². The number of aromatic nitrogens is 2. The lowest BCUT2D eigenvalue weighted by Crippen LogP contribution is -2.14. The zero-order chi connectivity index (χ0) is 19.1. The van der Waals surface area contributed by atoms with Crippen molar-refractivity contribution in [1.82, 2.24) is 10.1 Å². The van der Waals surface area contributed by atoms with Crippen molar-refractivity contribution in [2.75, 3.05) is 11.1 Å². The summed E-state index contributed by atoms with van der Waals surface area (Å²) < 4.78 is 5.06. The molecule has 0 unspecified atom stereocenters. The lowest BCUT2D eigenvalue weighted by atomic mass is 10.1. The maximum absolute atomic E-state index is 12.9. The van der Waals surface area contributed by atoms with E-state index in [-0.39, 0.29) is 17.4 Å². The average Bonchev–Trinajstić information content (AvgIpc) is 3.28. The molecule has 136 valence electrons. The summed E-state index contributed by atoms with van der Waals surface area (Å²) in [5, 5.41) is 6.85. The van der Waals surface area contributed by atoms with Crippen molar-refractivity contribution in [3.05, 3.63) is 83.7 Å². The highest BCUT2D eigenvalue weighted by Crippen LogP contribution is 2.37. The first-order valence-electron chi connectivity index (χ1n) is 8.89. The SMILES string of the molecule is Nc1onc(-c2cccnc2)c1C(=O)Nc1ccc2c(c1)Cc1ccccc1-2. The number of benzene rings is 2. The summed E-state index contributed by atoms with van der Waals surface area (Å²) >= 11 is 0. The molecule has 0 atom stereocenters. The standard InChI is InChI=1S/C22H16N4O2/c23-21-19(20(26-28-21)14-5-3-9-24-12-14)22(27)25-16-7-8-18-15(11-16)10-13-4-1-2-6-17(13)18/h1-9,11-12H,10,23H2,(H,25,27). The topological polar surface area (TPSA) is 94.0 Å². The molecule has 0 fully saturated rings. The summed E-state index contributed by atoms with van der Waals surface area (Å²) in [5.41, 5.74) is 12.7. The minimum atomic E-state index is -0.368. The summed E-state index contributed by atoms with van der Waals surface area (Å²) in [6.45, 7) is 0. The molecular formula is C22H16N4O2. The van der Waals surface area contributed by atoms with Gasteiger partial charge in [0.25, 0.3) is 5.91 Å². The fourth-order valence-electron chi connectivity index (χ4n) is 3.64. The van der Waals surface area contributed by atoms with Crippen LogP contribution in [0, 0.1) is 0 Å². The molecule has 0 aliphatic heterocycles. The van der Waals surface area contributed by atoms with Crippen LogP contribution in [0.25, 0.3) is 22.4 Å². The molecule has 2 aromatic carbocycles. The van der Waals surface area contributed by atoms with Gasteiger partial charge in [-0.25, -0.2) is 0 Å². The molecule has 2 heterocycles. The molecule has 1 amide bonds. The maximum Gasteiger partial charge on any atom is 0.263 e. The van der Waals surface area contributed by atoms with Crippen LogP contribution in [0.5, 0.6) is 0 Å². The molecule has 3 N–H and O–H groups in total. The fraction of sp³-hybridized carbons (Fsp3) is 0.0455. The van der Waals surface area contributed by atoms with Crippen molar-refractivity contribution in [1.29, 1.82) is 0 Å².